The van der Waals surface area contributed by atoms with E-state index in [2.05, 4.69) is 20.9 Å². The van der Waals surface area contributed by atoms with Crippen LogP contribution in [-0.4, -0.2) is 81.6 Å². The number of aliphatic carboxylic acids is 1. The standard InChI is InChI=1S/C28H38N8O8/c29-19(12-15-3-7-17(37)8-4-15)24(40)34-20(2-1-11-33-28(31)32)25(41)35-21(13-16-5-9-18(38)10-6-16)26(42)36-22(27(43)44)14-23(30)39/h3-10,19-22,37-38H,1-2,11-14,29H2,(H2,30,39)(H,34,40)(H,35,41)(H,36,42)(H,43,44)(H4,31,32,33). The summed E-state index contributed by atoms with van der Waals surface area (Å²) in [6, 6.07) is 6.48. The van der Waals surface area contributed by atoms with E-state index in [-0.39, 0.29) is 49.7 Å². The molecule has 2 aromatic carbocycles. The summed E-state index contributed by atoms with van der Waals surface area (Å²) in [6.07, 6.45) is -0.457. The zero-order valence-electron chi connectivity index (χ0n) is 23.8. The molecule has 0 aliphatic heterocycles. The number of nitrogens with two attached hydrogens (primary N) is 4. The molecule has 0 saturated heterocycles. The predicted molar refractivity (Wildman–Crippen MR) is 159 cm³/mol. The highest BCUT2D eigenvalue weighted by molar-refractivity contribution is 5.95. The molecule has 14 N–H and O–H groups in total. The first kappa shape index (κ1) is 34.8. The third-order valence-corrected chi connectivity index (χ3v) is 6.34. The summed E-state index contributed by atoms with van der Waals surface area (Å²) in [5.74, 6) is -5.05. The summed E-state index contributed by atoms with van der Waals surface area (Å²) in [7, 11) is 0. The molecular formula is C28H38N8O8. The summed E-state index contributed by atoms with van der Waals surface area (Å²) < 4.78 is 0. The Morgan fingerprint density at radius 2 is 1.18 bits per heavy atom. The van der Waals surface area contributed by atoms with Crippen molar-refractivity contribution in [3.05, 3.63) is 59.7 Å². The Hall–Kier alpha value is -5.38. The van der Waals surface area contributed by atoms with Gasteiger partial charge in [0.25, 0.3) is 0 Å². The van der Waals surface area contributed by atoms with Crippen molar-refractivity contribution >= 4 is 35.6 Å². The summed E-state index contributed by atoms with van der Waals surface area (Å²) in [4.78, 5) is 66.5. The number of nitrogens with zero attached hydrogens (tertiary/aromatic N) is 1. The molecule has 0 fully saturated rings. The highest BCUT2D eigenvalue weighted by Crippen LogP contribution is 2.13. The average molecular weight is 615 g/mol. The van der Waals surface area contributed by atoms with Crippen LogP contribution in [0.2, 0.25) is 0 Å². The number of carbonyl (C=O) groups excluding carboxylic acids is 4. The van der Waals surface area contributed by atoms with Gasteiger partial charge >= 0.3 is 5.97 Å². The topological polar surface area (TPSA) is 299 Å². The predicted octanol–water partition coefficient (Wildman–Crippen LogP) is -2.32. The van der Waals surface area contributed by atoms with Crippen LogP contribution in [0.15, 0.2) is 53.5 Å². The maximum Gasteiger partial charge on any atom is 0.326 e. The van der Waals surface area contributed by atoms with Crippen molar-refractivity contribution < 1.29 is 39.3 Å². The minimum absolute atomic E-state index is 0.0350. The second-order valence-corrected chi connectivity index (χ2v) is 9.99. The van der Waals surface area contributed by atoms with Gasteiger partial charge in [0.15, 0.2) is 5.96 Å². The van der Waals surface area contributed by atoms with Crippen LogP contribution in [-0.2, 0) is 36.8 Å². The smallest absolute Gasteiger partial charge is 0.326 e. The number of amides is 4. The third-order valence-electron chi connectivity index (χ3n) is 6.34. The van der Waals surface area contributed by atoms with Gasteiger partial charge < -0.3 is 54.2 Å². The average Bonchev–Trinajstić information content (AvgIpc) is 2.95. The summed E-state index contributed by atoms with van der Waals surface area (Å²) >= 11 is 0. The van der Waals surface area contributed by atoms with Gasteiger partial charge in [-0.3, -0.25) is 24.2 Å². The number of hydrogen-bond acceptors (Lipinski definition) is 9. The quantitative estimate of drug-likeness (QED) is 0.0512. The molecule has 16 nitrogen and oxygen atoms in total. The number of rotatable bonds is 17. The number of nitrogens with one attached hydrogen (secondary N) is 3. The summed E-state index contributed by atoms with van der Waals surface area (Å²) in [5, 5.41) is 35.8. The molecule has 4 unspecified atom stereocenters. The van der Waals surface area contributed by atoms with Crippen LogP contribution in [0, 0.1) is 0 Å². The van der Waals surface area contributed by atoms with Crippen LogP contribution in [0.4, 0.5) is 0 Å². The number of aliphatic imine (C=N–C) groups is 1. The number of phenolic OH excluding ortho intramolecular Hbond substituents is 2. The molecule has 4 atom stereocenters. The largest absolute Gasteiger partial charge is 0.508 e. The van der Waals surface area contributed by atoms with E-state index in [1.807, 2.05) is 0 Å². The lowest BCUT2D eigenvalue weighted by Gasteiger charge is -2.25. The lowest BCUT2D eigenvalue weighted by molar-refractivity contribution is -0.143. The van der Waals surface area contributed by atoms with Crippen molar-refractivity contribution in [3.63, 3.8) is 0 Å². The van der Waals surface area contributed by atoms with Crippen LogP contribution in [0.3, 0.4) is 0 Å². The first-order chi connectivity index (χ1) is 20.7. The number of carbonyl (C=O) groups is 5. The van der Waals surface area contributed by atoms with Crippen molar-refractivity contribution in [1.29, 1.82) is 0 Å². The first-order valence-corrected chi connectivity index (χ1v) is 13.5. The van der Waals surface area contributed by atoms with E-state index in [1.165, 1.54) is 36.4 Å². The van der Waals surface area contributed by atoms with Crippen LogP contribution in [0.5, 0.6) is 11.5 Å². The molecule has 16 heteroatoms. The van der Waals surface area contributed by atoms with Crippen LogP contribution >= 0.6 is 0 Å². The zero-order chi connectivity index (χ0) is 32.8. The fraction of sp³-hybridized carbons (Fsp3) is 0.357. The molecule has 44 heavy (non-hydrogen) atoms. The number of guanidine groups is 1. The van der Waals surface area contributed by atoms with Crippen LogP contribution < -0.4 is 38.9 Å². The van der Waals surface area contributed by atoms with Crippen molar-refractivity contribution in [2.45, 2.75) is 56.3 Å². The molecule has 0 heterocycles. The SMILES string of the molecule is NC(=O)CC(NC(=O)C(Cc1ccc(O)cc1)NC(=O)C(CCCN=C(N)N)NC(=O)C(N)Cc1ccc(O)cc1)C(=O)O. The van der Waals surface area contributed by atoms with Gasteiger partial charge in [-0.1, -0.05) is 24.3 Å². The number of aromatic hydroxyl groups is 2. The molecule has 238 valence electrons. The Morgan fingerprint density at radius 3 is 1.68 bits per heavy atom. The van der Waals surface area contributed by atoms with E-state index in [0.717, 1.165) is 0 Å². The number of carboxylic acids is 1. The lowest BCUT2D eigenvalue weighted by Crippen LogP contribution is -2.58. The molecule has 0 aliphatic rings. The molecule has 0 spiro atoms. The third kappa shape index (κ3) is 12.2. The number of phenols is 2. The highest BCUT2D eigenvalue weighted by Gasteiger charge is 2.31. The van der Waals surface area contributed by atoms with Crippen LogP contribution in [0.1, 0.15) is 30.4 Å². The summed E-state index contributed by atoms with van der Waals surface area (Å²) in [6.45, 7) is 0.131. The number of primary amides is 1. The van der Waals surface area contributed by atoms with Crippen molar-refractivity contribution in [1.82, 2.24) is 16.0 Å². The van der Waals surface area contributed by atoms with E-state index in [4.69, 9.17) is 22.9 Å². The highest BCUT2D eigenvalue weighted by atomic mass is 16.4. The van der Waals surface area contributed by atoms with E-state index in [1.54, 1.807) is 12.1 Å². The zero-order valence-corrected chi connectivity index (χ0v) is 23.8. The first-order valence-electron chi connectivity index (χ1n) is 13.5. The van der Waals surface area contributed by atoms with E-state index < -0.39 is 60.2 Å². The van der Waals surface area contributed by atoms with Gasteiger partial charge in [0, 0.05) is 13.0 Å². The Bertz CT molecular complexity index is 1330. The van der Waals surface area contributed by atoms with Gasteiger partial charge in [0.05, 0.1) is 12.5 Å². The maximum absolute atomic E-state index is 13.5. The van der Waals surface area contributed by atoms with Gasteiger partial charge in [-0.25, -0.2) is 4.79 Å². The second-order valence-electron chi connectivity index (χ2n) is 9.99. The normalized spacial score (nSPS) is 13.4. The molecule has 0 aromatic heterocycles. The van der Waals surface area contributed by atoms with Crippen molar-refractivity contribution in [2.24, 2.45) is 27.9 Å². The lowest BCUT2D eigenvalue weighted by atomic mass is 10.0. The van der Waals surface area contributed by atoms with Gasteiger partial charge in [0.1, 0.15) is 29.6 Å². The Kier molecular flexibility index (Phi) is 13.4. The fourth-order valence-corrected chi connectivity index (χ4v) is 4.05. The minimum atomic E-state index is -1.66. The molecule has 4 amide bonds. The Balaban J connectivity index is 2.27. The molecule has 2 aromatic rings. The maximum atomic E-state index is 13.5. The van der Waals surface area contributed by atoms with Gasteiger partial charge in [-0.15, -0.1) is 0 Å². The van der Waals surface area contributed by atoms with Crippen molar-refractivity contribution in [2.75, 3.05) is 6.54 Å². The molecular weight excluding hydrogens is 576 g/mol. The molecule has 0 saturated carbocycles. The monoisotopic (exact) mass is 614 g/mol. The minimum Gasteiger partial charge on any atom is -0.508 e. The fourth-order valence-electron chi connectivity index (χ4n) is 4.05. The molecule has 0 radical (unpaired) electrons. The van der Waals surface area contributed by atoms with Crippen LogP contribution in [0.25, 0.3) is 0 Å². The van der Waals surface area contributed by atoms with E-state index in [0.29, 0.717) is 11.1 Å². The molecule has 0 bridgehead atoms. The second kappa shape index (κ2) is 16.9. The number of hydrogen-bond donors (Lipinski definition) is 10. The van der Waals surface area contributed by atoms with Gasteiger partial charge in [-0.05, 0) is 54.7 Å². The molecule has 2 rings (SSSR count). The Morgan fingerprint density at radius 1 is 0.705 bits per heavy atom. The number of benzene rings is 2. The summed E-state index contributed by atoms with van der Waals surface area (Å²) in [5.41, 5.74) is 23.1. The number of carboxylic acid groups (broad SMARTS) is 1. The van der Waals surface area contributed by atoms with Gasteiger partial charge in [0.2, 0.25) is 23.6 Å². The van der Waals surface area contributed by atoms with E-state index >= 15 is 0 Å². The van der Waals surface area contributed by atoms with E-state index in [9.17, 15) is 39.3 Å². The Labute approximate surface area is 252 Å². The van der Waals surface area contributed by atoms with Gasteiger partial charge in [-0.2, -0.15) is 0 Å². The molecule has 0 aliphatic carbocycles. The van der Waals surface area contributed by atoms with Crippen molar-refractivity contribution in [3.8, 4) is 11.5 Å².